The minimum Gasteiger partial charge on any atom is -0.364 e. The molecule has 6 aliphatic heterocycles. The van der Waals surface area contributed by atoms with E-state index in [1.54, 1.807) is 11.4 Å². The van der Waals surface area contributed by atoms with Crippen molar-refractivity contribution in [3.63, 3.8) is 0 Å². The summed E-state index contributed by atoms with van der Waals surface area (Å²) >= 11 is 0. The predicted molar refractivity (Wildman–Crippen MR) is 356 cm³/mol. The molecule has 6 nitrogen and oxygen atoms in total. The highest BCUT2D eigenvalue weighted by Crippen LogP contribution is 2.78. The fraction of sp³-hybridized carbons (Fsp3) is 0.526. The lowest BCUT2D eigenvalue weighted by Gasteiger charge is -2.79. The van der Waals surface area contributed by atoms with Crippen LogP contribution in [0, 0.1) is 53.4 Å². The van der Waals surface area contributed by atoms with Crippen LogP contribution >= 0.6 is 15.8 Å². The van der Waals surface area contributed by atoms with Crippen molar-refractivity contribution in [2.24, 2.45) is 11.8 Å². The molecule has 0 spiro atoms. The molecule has 0 N–H and O–H groups in total. The molecule has 0 amide bonds. The molecular weight excluding hydrogens is 1060 g/mol. The molecule has 0 radical (unpaired) electrons. The summed E-state index contributed by atoms with van der Waals surface area (Å²) in [7, 11) is -0.722. The van der Waals surface area contributed by atoms with Gasteiger partial charge in [-0.25, -0.2) is 0 Å². The Bertz CT molecular complexity index is 3170. The van der Waals surface area contributed by atoms with Crippen LogP contribution in [0.15, 0.2) is 146 Å². The van der Waals surface area contributed by atoms with E-state index < -0.39 is 0 Å². The van der Waals surface area contributed by atoms with Crippen molar-refractivity contribution >= 4 is 50.0 Å². The SMILES string of the molecule is Cc1ccc(N2C3CCCC4C3P3C5C2CCCC5N(c2ccc(C)cc2)C2C5C(CC(C23)N4c2ccc(C)cc2)CC2C3C5N(c4ccc(C)cc4)C4CCCC5C4P3C3C(CCCC3N2c2ccc(C)cc2)N5c2ccc(C)cc2)cc1. The van der Waals surface area contributed by atoms with Gasteiger partial charge in [0.1, 0.15) is 0 Å². The monoisotopic (exact) mass is 1150 g/mol. The molecule has 6 aliphatic carbocycles. The smallest absolute Gasteiger partial charge is 0.0431 e. The third-order valence-electron chi connectivity index (χ3n) is 25.3. The number of aryl methyl sites for hydroxylation is 6. The lowest BCUT2D eigenvalue weighted by molar-refractivity contribution is 0.0556. The zero-order valence-corrected chi connectivity index (χ0v) is 52.7. The van der Waals surface area contributed by atoms with E-state index in [0.717, 1.165) is 0 Å². The molecule has 6 saturated heterocycles. The summed E-state index contributed by atoms with van der Waals surface area (Å²) in [6.45, 7) is 13.9. The van der Waals surface area contributed by atoms with E-state index in [9.17, 15) is 0 Å². The Hall–Kier alpha value is -5.02. The number of hydrogen-bond donors (Lipinski definition) is 0. The summed E-state index contributed by atoms with van der Waals surface area (Å²) in [6, 6.07) is 67.5. The average molecular weight is 1150 g/mol. The van der Waals surface area contributed by atoms with Gasteiger partial charge in [-0.1, -0.05) is 122 Å². The van der Waals surface area contributed by atoms with E-state index in [1.807, 2.05) is 0 Å². The average Bonchev–Trinajstić information content (AvgIpc) is 0.763. The highest BCUT2D eigenvalue weighted by Gasteiger charge is 2.75. The number of nitrogens with zero attached hydrogens (tertiary/aromatic N) is 6. The van der Waals surface area contributed by atoms with Gasteiger partial charge in [0, 0.05) is 146 Å². The molecule has 20 unspecified atom stereocenters. The highest BCUT2D eigenvalue weighted by molar-refractivity contribution is 7.61. The van der Waals surface area contributed by atoms with Gasteiger partial charge < -0.3 is 29.4 Å². The lowest BCUT2D eigenvalue weighted by atomic mass is 9.59. The molecule has 84 heavy (non-hydrogen) atoms. The summed E-state index contributed by atoms with van der Waals surface area (Å²) in [5.41, 5.74) is 21.6. The maximum absolute atomic E-state index is 3.36. The molecule has 18 rings (SSSR count). The normalized spacial score (nSPS) is 39.9. The quantitative estimate of drug-likeness (QED) is 0.154. The minimum absolute atomic E-state index is 0.361. The van der Waals surface area contributed by atoms with E-state index >= 15 is 0 Å². The van der Waals surface area contributed by atoms with E-state index in [4.69, 9.17) is 0 Å². The van der Waals surface area contributed by atoms with Crippen LogP contribution in [0.25, 0.3) is 0 Å². The van der Waals surface area contributed by atoms with Crippen molar-refractivity contribution in [2.45, 2.75) is 238 Å². The van der Waals surface area contributed by atoms with Gasteiger partial charge in [-0.2, -0.15) is 0 Å². The van der Waals surface area contributed by atoms with Gasteiger partial charge in [0.15, 0.2) is 0 Å². The minimum atomic E-state index is -0.361. The number of hydrogen-bond acceptors (Lipinski definition) is 6. The van der Waals surface area contributed by atoms with Crippen molar-refractivity contribution in [3.8, 4) is 0 Å². The Morgan fingerprint density at radius 2 is 0.452 bits per heavy atom. The second-order valence-corrected chi connectivity index (χ2v) is 34.8. The first-order valence-electron chi connectivity index (χ1n) is 33.8. The first-order chi connectivity index (χ1) is 41.2. The molecule has 434 valence electrons. The Balaban J connectivity index is 0.894. The highest BCUT2D eigenvalue weighted by atomic mass is 31.1. The number of benzene rings is 6. The van der Waals surface area contributed by atoms with Gasteiger partial charge in [-0.3, -0.25) is 0 Å². The summed E-state index contributed by atoms with van der Waals surface area (Å²) in [5.74, 6) is 1.18. The first-order valence-corrected chi connectivity index (χ1v) is 36.9. The molecule has 0 aromatic heterocycles. The van der Waals surface area contributed by atoms with Crippen LogP contribution in [0.5, 0.6) is 0 Å². The third-order valence-corrected chi connectivity index (χ3v) is 33.5. The van der Waals surface area contributed by atoms with Crippen LogP contribution in [0.2, 0.25) is 0 Å². The second kappa shape index (κ2) is 19.7. The molecule has 8 heteroatoms. The van der Waals surface area contributed by atoms with Crippen LogP contribution in [0.1, 0.15) is 123 Å². The maximum atomic E-state index is 3.36. The van der Waals surface area contributed by atoms with Crippen LogP contribution in [0.3, 0.4) is 0 Å². The Morgan fingerprint density at radius 3 is 0.690 bits per heavy atom. The largest absolute Gasteiger partial charge is 0.364 e. The Kier molecular flexibility index (Phi) is 12.3. The number of anilines is 6. The summed E-state index contributed by atoms with van der Waals surface area (Å²) in [6.07, 6.45) is 18.8. The molecule has 12 fully saturated rings. The molecule has 6 aromatic rings. The van der Waals surface area contributed by atoms with Gasteiger partial charge in [-0.05, 0) is 210 Å². The molecule has 12 aliphatic rings. The van der Waals surface area contributed by atoms with Crippen LogP contribution in [0.4, 0.5) is 34.1 Å². The van der Waals surface area contributed by atoms with Crippen molar-refractivity contribution in [3.05, 3.63) is 179 Å². The summed E-state index contributed by atoms with van der Waals surface area (Å²) < 4.78 is 0. The lowest BCUT2D eigenvalue weighted by Crippen LogP contribution is -2.85. The van der Waals surface area contributed by atoms with Crippen molar-refractivity contribution in [1.82, 2.24) is 0 Å². The van der Waals surface area contributed by atoms with Crippen molar-refractivity contribution in [2.75, 3.05) is 29.4 Å². The molecule has 6 heterocycles. The fourth-order valence-corrected chi connectivity index (χ4v) is 33.3. The zero-order chi connectivity index (χ0) is 56.0. The van der Waals surface area contributed by atoms with Gasteiger partial charge in [-0.15, -0.1) is 0 Å². The van der Waals surface area contributed by atoms with Gasteiger partial charge >= 0.3 is 0 Å². The van der Waals surface area contributed by atoms with Crippen LogP contribution < -0.4 is 29.4 Å². The summed E-state index contributed by atoms with van der Waals surface area (Å²) in [4.78, 5) is 19.5. The standard InChI is InChI=1S/C76H90N6P2/c1-45-19-31-52(32-20-45)77-58-11-7-15-62-71(58)83-73-60(77)13-9-17-64(73)81(56-39-27-49(5)28-40-56)69-68-51(43-66(75(69)83)79(62)54-35-23-47(3)24-36-54)44-67-76-70(68)82(57-41-29-50(6)30-42-57)65-18-10-14-61-74(65)84(76)72-59(78(61)53-33-21-46(2)22-34-53)12-8-16-63(72)80(67)55-37-25-48(4)26-38-55/h19-42,51,58-76H,7-18,43-44H2,1-6H3. The van der Waals surface area contributed by atoms with E-state index in [1.165, 1.54) is 146 Å². The zero-order valence-electron chi connectivity index (χ0n) is 50.9. The van der Waals surface area contributed by atoms with E-state index in [0.29, 0.717) is 118 Å². The van der Waals surface area contributed by atoms with Gasteiger partial charge in [0.05, 0.1) is 0 Å². The second-order valence-electron chi connectivity index (χ2n) is 29.5. The van der Waals surface area contributed by atoms with Crippen LogP contribution in [-0.2, 0) is 0 Å². The maximum Gasteiger partial charge on any atom is 0.0431 e. The third kappa shape index (κ3) is 7.53. The molecule has 6 saturated carbocycles. The molecule has 20 atom stereocenters. The summed E-state index contributed by atoms with van der Waals surface area (Å²) in [5, 5.41) is 0. The molecule has 6 aromatic carbocycles. The van der Waals surface area contributed by atoms with E-state index in [-0.39, 0.29) is 15.8 Å². The number of fused-ring (bicyclic) bond motifs is 3. The van der Waals surface area contributed by atoms with Crippen LogP contribution in [-0.4, -0.2) is 106 Å². The van der Waals surface area contributed by atoms with Crippen molar-refractivity contribution in [1.29, 1.82) is 0 Å². The first kappa shape index (κ1) is 52.1. The Morgan fingerprint density at radius 1 is 0.250 bits per heavy atom. The van der Waals surface area contributed by atoms with E-state index in [2.05, 4.69) is 217 Å². The van der Waals surface area contributed by atoms with Crippen molar-refractivity contribution < 1.29 is 0 Å². The van der Waals surface area contributed by atoms with Gasteiger partial charge in [0.2, 0.25) is 0 Å². The predicted octanol–water partition coefficient (Wildman–Crippen LogP) is 16.3. The Labute approximate surface area is 505 Å². The molecule has 0 bridgehead atoms. The molecular formula is C76H90N6P2. The topological polar surface area (TPSA) is 19.4 Å². The fourth-order valence-electron chi connectivity index (χ4n) is 22.7. The van der Waals surface area contributed by atoms with Gasteiger partial charge in [0.25, 0.3) is 0 Å². The number of rotatable bonds is 6.